The number of aromatic nitrogens is 5. The third-order valence-electron chi connectivity index (χ3n) is 3.18. The zero-order chi connectivity index (χ0) is 14.1. The minimum absolute atomic E-state index is 0.579. The summed E-state index contributed by atoms with van der Waals surface area (Å²) in [6, 6.07) is 0. The lowest BCUT2D eigenvalue weighted by Gasteiger charge is -2.08. The topological polar surface area (TPSA) is 86.1 Å². The van der Waals surface area contributed by atoms with Crippen LogP contribution in [-0.4, -0.2) is 47.2 Å². The highest BCUT2D eigenvalue weighted by Crippen LogP contribution is 2.23. The molecule has 3 heterocycles. The molecule has 3 aromatic rings. The molecule has 20 heavy (non-hydrogen) atoms. The fourth-order valence-corrected chi connectivity index (χ4v) is 2.58. The van der Waals surface area contributed by atoms with Gasteiger partial charge in [0.1, 0.15) is 5.82 Å². The molecule has 102 valence electrons. The summed E-state index contributed by atoms with van der Waals surface area (Å²) in [4.78, 5) is 9.03. The molecule has 0 aliphatic rings. The third-order valence-corrected chi connectivity index (χ3v) is 3.65. The predicted molar refractivity (Wildman–Crippen MR) is 80.1 cm³/mol. The van der Waals surface area contributed by atoms with Gasteiger partial charge in [-0.3, -0.25) is 9.08 Å². The number of hydrogen-bond acceptors (Lipinski definition) is 5. The third kappa shape index (κ3) is 2.18. The summed E-state index contributed by atoms with van der Waals surface area (Å²) in [6.45, 7) is 0.579. The maximum absolute atomic E-state index is 5.63. The van der Waals surface area contributed by atoms with Crippen LogP contribution in [0, 0.1) is 0 Å². The highest BCUT2D eigenvalue weighted by Gasteiger charge is 2.12. The fourth-order valence-electron chi connectivity index (χ4n) is 2.24. The molecule has 0 spiro atoms. The van der Waals surface area contributed by atoms with E-state index in [-0.39, 0.29) is 0 Å². The van der Waals surface area contributed by atoms with Crippen molar-refractivity contribution in [2.75, 3.05) is 10.8 Å². The highest BCUT2D eigenvalue weighted by atomic mass is 27.1. The first-order valence-corrected chi connectivity index (χ1v) is 7.46. The van der Waals surface area contributed by atoms with Gasteiger partial charge in [0.25, 0.3) is 0 Å². The van der Waals surface area contributed by atoms with Gasteiger partial charge in [0.15, 0.2) is 5.65 Å². The summed E-state index contributed by atoms with van der Waals surface area (Å²) >= 11 is 0.818. The van der Waals surface area contributed by atoms with Gasteiger partial charge in [0, 0.05) is 31.4 Å². The molecule has 0 atom stereocenters. The molecular formula is C12H16AlN7. The minimum Gasteiger partial charge on any atom is -0.463 e. The van der Waals surface area contributed by atoms with Crippen molar-refractivity contribution in [1.82, 2.24) is 24.1 Å². The van der Waals surface area contributed by atoms with Gasteiger partial charge in [0.05, 0.1) is 23.8 Å². The van der Waals surface area contributed by atoms with Crippen LogP contribution in [0.3, 0.4) is 0 Å². The Morgan fingerprint density at radius 3 is 2.85 bits per heavy atom. The first kappa shape index (κ1) is 13.1. The second kappa shape index (κ2) is 5.25. The Bertz CT molecular complexity index is 745. The van der Waals surface area contributed by atoms with Crippen LogP contribution in [0.5, 0.6) is 0 Å². The number of rotatable bonds is 4. The van der Waals surface area contributed by atoms with Crippen molar-refractivity contribution in [3.8, 4) is 11.3 Å². The van der Waals surface area contributed by atoms with E-state index in [4.69, 9.17) is 5.73 Å². The van der Waals surface area contributed by atoms with E-state index in [0.29, 0.717) is 6.54 Å². The van der Waals surface area contributed by atoms with Crippen LogP contribution in [0.1, 0.15) is 5.69 Å². The van der Waals surface area contributed by atoms with Crippen LogP contribution in [0.15, 0.2) is 24.8 Å². The van der Waals surface area contributed by atoms with Crippen molar-refractivity contribution in [2.45, 2.75) is 6.42 Å². The zero-order valence-corrected chi connectivity index (χ0v) is 13.5. The smallest absolute Gasteiger partial charge is 0.362 e. The van der Waals surface area contributed by atoms with E-state index in [1.807, 2.05) is 31.8 Å². The van der Waals surface area contributed by atoms with Gasteiger partial charge >= 0.3 is 16.5 Å². The van der Waals surface area contributed by atoms with E-state index >= 15 is 0 Å². The van der Waals surface area contributed by atoms with E-state index in [1.54, 1.807) is 4.68 Å². The van der Waals surface area contributed by atoms with Gasteiger partial charge in [-0.25, -0.2) is 9.97 Å². The standard InChI is InChI=1S/C12H14N7.Al.2H/c1-18-6-8(4-16-18)10-5-15-12-11(14)17-9(2-3-13)7-19(10)12;;;/h4-7H,2-3,13H2,1H3,(H-,14,17);;;/q-1;+1;;. The largest absolute Gasteiger partial charge is 0.463 e. The summed E-state index contributed by atoms with van der Waals surface area (Å²) in [6.07, 6.45) is 8.40. The SMILES string of the molecule is Cn1cc(-c2cnc3c([NH][AlH2])nc(CCN)cn23)cn1. The van der Waals surface area contributed by atoms with Crippen molar-refractivity contribution in [2.24, 2.45) is 12.8 Å². The summed E-state index contributed by atoms with van der Waals surface area (Å²) in [5.41, 5.74) is 9.46. The molecule has 0 aromatic carbocycles. The lowest BCUT2D eigenvalue weighted by atomic mass is 10.2. The fraction of sp³-hybridized carbons (Fsp3) is 0.250. The number of nitrogens with two attached hydrogens (primary N) is 1. The van der Waals surface area contributed by atoms with Crippen LogP contribution in [0.2, 0.25) is 0 Å². The Morgan fingerprint density at radius 1 is 1.35 bits per heavy atom. The summed E-state index contributed by atoms with van der Waals surface area (Å²) in [5, 5.41) is 4.21. The van der Waals surface area contributed by atoms with Gasteiger partial charge in [-0.05, 0) is 6.54 Å². The van der Waals surface area contributed by atoms with E-state index in [2.05, 4.69) is 23.8 Å². The van der Waals surface area contributed by atoms with Gasteiger partial charge in [-0.1, -0.05) is 0 Å². The second-order valence-electron chi connectivity index (χ2n) is 4.61. The number of nitrogens with zero attached hydrogens (tertiary/aromatic N) is 5. The van der Waals surface area contributed by atoms with Crippen LogP contribution < -0.4 is 10.0 Å². The van der Waals surface area contributed by atoms with Crippen molar-refractivity contribution in [3.63, 3.8) is 0 Å². The number of hydrogen-bond donors (Lipinski definition) is 2. The number of anilines is 1. The van der Waals surface area contributed by atoms with Gasteiger partial charge in [-0.2, -0.15) is 5.10 Å². The average Bonchev–Trinajstić information content (AvgIpc) is 3.04. The normalized spacial score (nSPS) is 11.1. The van der Waals surface area contributed by atoms with Crippen molar-refractivity contribution < 1.29 is 0 Å². The molecule has 0 radical (unpaired) electrons. The molecule has 0 unspecified atom stereocenters. The van der Waals surface area contributed by atoms with E-state index in [0.717, 1.165) is 51.3 Å². The number of fused-ring (bicyclic) bond motifs is 1. The van der Waals surface area contributed by atoms with Crippen molar-refractivity contribution in [3.05, 3.63) is 30.5 Å². The lowest BCUT2D eigenvalue weighted by molar-refractivity contribution is 0.768. The Labute approximate surface area is 124 Å². The molecule has 0 aliphatic heterocycles. The molecule has 8 heteroatoms. The maximum Gasteiger partial charge on any atom is 0.362 e. The Balaban J connectivity index is 2.21. The monoisotopic (exact) mass is 285 g/mol. The van der Waals surface area contributed by atoms with Crippen molar-refractivity contribution in [1.29, 1.82) is 0 Å². The zero-order valence-electron chi connectivity index (χ0n) is 11.5. The summed E-state index contributed by atoms with van der Waals surface area (Å²) in [7, 11) is 1.90. The Morgan fingerprint density at radius 2 is 2.20 bits per heavy atom. The summed E-state index contributed by atoms with van der Waals surface area (Å²) in [5.74, 6) is 0.817. The molecule has 7 nitrogen and oxygen atoms in total. The number of imidazole rings is 1. The molecule has 0 bridgehead atoms. The van der Waals surface area contributed by atoms with Gasteiger partial charge < -0.3 is 10.0 Å². The molecule has 3 rings (SSSR count). The second-order valence-corrected chi connectivity index (χ2v) is 5.11. The van der Waals surface area contributed by atoms with E-state index in [1.165, 1.54) is 0 Å². The molecule has 0 amide bonds. The Kier molecular flexibility index (Phi) is 3.44. The van der Waals surface area contributed by atoms with Gasteiger partial charge in [0.2, 0.25) is 0 Å². The van der Waals surface area contributed by atoms with Crippen LogP contribution >= 0.6 is 0 Å². The van der Waals surface area contributed by atoms with Crippen LogP contribution in [0.4, 0.5) is 5.82 Å². The molecular weight excluding hydrogens is 269 g/mol. The molecule has 0 fully saturated rings. The highest BCUT2D eigenvalue weighted by molar-refractivity contribution is 6.16. The first-order chi connectivity index (χ1) is 9.72. The van der Waals surface area contributed by atoms with Crippen LogP contribution in [-0.2, 0) is 13.5 Å². The average molecular weight is 285 g/mol. The number of aryl methyl sites for hydroxylation is 1. The quantitative estimate of drug-likeness (QED) is 0.637. The molecule has 3 N–H and O–H groups in total. The predicted octanol–water partition coefficient (Wildman–Crippen LogP) is -0.409. The number of nitrogens with one attached hydrogen (secondary N) is 1. The van der Waals surface area contributed by atoms with Crippen molar-refractivity contribution >= 4 is 28.0 Å². The minimum atomic E-state index is 0.579. The molecule has 0 saturated heterocycles. The molecule has 0 saturated carbocycles. The van der Waals surface area contributed by atoms with E-state index in [9.17, 15) is 0 Å². The maximum atomic E-state index is 5.63. The Hall–Kier alpha value is -1.88. The lowest BCUT2D eigenvalue weighted by Crippen LogP contribution is -2.08. The van der Waals surface area contributed by atoms with Gasteiger partial charge in [-0.15, -0.1) is 0 Å². The van der Waals surface area contributed by atoms with Crippen LogP contribution in [0.25, 0.3) is 16.9 Å². The summed E-state index contributed by atoms with van der Waals surface area (Å²) < 4.78 is 7.05. The molecule has 0 aliphatic carbocycles. The van der Waals surface area contributed by atoms with E-state index < -0.39 is 0 Å². The first-order valence-electron chi connectivity index (χ1n) is 6.46. The molecule has 3 aromatic heterocycles.